The molecular weight excluding hydrogens is 268 g/mol. The van der Waals surface area contributed by atoms with Crippen molar-refractivity contribution >= 4 is 11.9 Å². The Bertz CT molecular complexity index is 663. The number of nitrogens with zero attached hydrogens (tertiary/aromatic N) is 3. The molecule has 6 heteroatoms. The van der Waals surface area contributed by atoms with E-state index in [1.165, 1.54) is 12.7 Å². The van der Waals surface area contributed by atoms with Crippen LogP contribution < -0.4 is 5.73 Å². The van der Waals surface area contributed by atoms with Gasteiger partial charge < -0.3 is 10.5 Å². The average Bonchev–Trinajstić information content (AvgIpc) is 2.87. The van der Waals surface area contributed by atoms with Crippen molar-refractivity contribution in [2.75, 3.05) is 12.8 Å². The number of hydrogen-bond acceptors (Lipinski definition) is 5. The third kappa shape index (κ3) is 2.49. The number of anilines is 1. The molecule has 6 nitrogen and oxygen atoms in total. The van der Waals surface area contributed by atoms with E-state index in [1.54, 1.807) is 12.1 Å². The molecule has 0 radical (unpaired) electrons. The fraction of sp³-hybridized carbons (Fsp3) is 0.400. The molecule has 21 heavy (non-hydrogen) atoms. The van der Waals surface area contributed by atoms with Gasteiger partial charge in [0.15, 0.2) is 0 Å². The van der Waals surface area contributed by atoms with E-state index in [-0.39, 0.29) is 5.97 Å². The van der Waals surface area contributed by atoms with E-state index < -0.39 is 0 Å². The summed E-state index contributed by atoms with van der Waals surface area (Å²) in [4.78, 5) is 15.7. The fourth-order valence-electron chi connectivity index (χ4n) is 2.94. The van der Waals surface area contributed by atoms with Gasteiger partial charge in [0, 0.05) is 18.4 Å². The fourth-order valence-corrected chi connectivity index (χ4v) is 2.94. The first-order valence-corrected chi connectivity index (χ1v) is 6.97. The zero-order valence-corrected chi connectivity index (χ0v) is 12.1. The smallest absolute Gasteiger partial charge is 0.337 e. The maximum absolute atomic E-state index is 11.5. The summed E-state index contributed by atoms with van der Waals surface area (Å²) in [5, 5.41) is 4.25. The molecule has 1 aromatic carbocycles. The van der Waals surface area contributed by atoms with Gasteiger partial charge in [0.1, 0.15) is 5.82 Å². The molecule has 0 amide bonds. The molecule has 0 saturated heterocycles. The number of nitrogen functional groups attached to an aromatic ring is 1. The highest BCUT2D eigenvalue weighted by molar-refractivity contribution is 5.89. The van der Waals surface area contributed by atoms with Gasteiger partial charge in [-0.1, -0.05) is 19.1 Å². The third-order valence-electron chi connectivity index (χ3n) is 3.99. The van der Waals surface area contributed by atoms with Crippen LogP contribution in [-0.2, 0) is 11.3 Å². The van der Waals surface area contributed by atoms with Crippen molar-refractivity contribution in [2.45, 2.75) is 31.7 Å². The molecular formula is C15H18N4O2. The molecule has 2 atom stereocenters. The second-order valence-electron chi connectivity index (χ2n) is 5.46. The lowest BCUT2D eigenvalue weighted by Crippen LogP contribution is -2.22. The summed E-state index contributed by atoms with van der Waals surface area (Å²) in [6.45, 7) is 2.90. The molecule has 110 valence electrons. The lowest BCUT2D eigenvalue weighted by atomic mass is 9.86. The van der Waals surface area contributed by atoms with Crippen LogP contribution in [0.15, 0.2) is 24.3 Å². The maximum atomic E-state index is 11.5. The van der Waals surface area contributed by atoms with Crippen LogP contribution in [0, 0.1) is 0 Å². The summed E-state index contributed by atoms with van der Waals surface area (Å²) in [5.41, 5.74) is 7.43. The number of carbonyl (C=O) groups excluding carboxylic acids is 1. The van der Waals surface area contributed by atoms with Crippen LogP contribution in [0.1, 0.15) is 46.9 Å². The van der Waals surface area contributed by atoms with Crippen molar-refractivity contribution in [3.05, 3.63) is 41.2 Å². The van der Waals surface area contributed by atoms with Gasteiger partial charge in [-0.05, 0) is 24.1 Å². The van der Waals surface area contributed by atoms with E-state index >= 15 is 0 Å². The minimum absolute atomic E-state index is 0.314. The van der Waals surface area contributed by atoms with Gasteiger partial charge in [-0.25, -0.2) is 9.48 Å². The number of ether oxygens (including phenoxy) is 1. The largest absolute Gasteiger partial charge is 0.465 e. The number of methoxy groups -OCH3 is 1. The van der Waals surface area contributed by atoms with E-state index in [1.807, 2.05) is 16.8 Å². The van der Waals surface area contributed by atoms with Gasteiger partial charge in [0.25, 0.3) is 0 Å². The van der Waals surface area contributed by atoms with Crippen LogP contribution in [0.5, 0.6) is 0 Å². The number of aromatic nitrogens is 3. The maximum Gasteiger partial charge on any atom is 0.337 e. The van der Waals surface area contributed by atoms with Crippen molar-refractivity contribution in [1.82, 2.24) is 14.8 Å². The summed E-state index contributed by atoms with van der Waals surface area (Å²) >= 11 is 0. The first-order chi connectivity index (χ1) is 10.1. The SMILES string of the molecule is COC(=O)c1ccc(C2CC(C)c3nc(N)nn3C2)cc1. The lowest BCUT2D eigenvalue weighted by molar-refractivity contribution is 0.0600. The highest BCUT2D eigenvalue weighted by atomic mass is 16.5. The minimum atomic E-state index is -0.315. The first-order valence-electron chi connectivity index (χ1n) is 6.97. The number of carbonyl (C=O) groups is 1. The van der Waals surface area contributed by atoms with E-state index in [0.717, 1.165) is 18.8 Å². The molecule has 0 fully saturated rings. The van der Waals surface area contributed by atoms with Crippen molar-refractivity contribution in [1.29, 1.82) is 0 Å². The Morgan fingerprint density at radius 1 is 1.38 bits per heavy atom. The van der Waals surface area contributed by atoms with Crippen LogP contribution in [0.25, 0.3) is 0 Å². The molecule has 0 saturated carbocycles. The topological polar surface area (TPSA) is 83.0 Å². The number of hydrogen-bond donors (Lipinski definition) is 1. The molecule has 2 N–H and O–H groups in total. The predicted molar refractivity (Wildman–Crippen MR) is 78.0 cm³/mol. The van der Waals surface area contributed by atoms with Gasteiger partial charge in [-0.15, -0.1) is 5.10 Å². The molecule has 2 unspecified atom stereocenters. The number of benzene rings is 1. The van der Waals surface area contributed by atoms with Crippen molar-refractivity contribution in [2.24, 2.45) is 0 Å². The second-order valence-corrected chi connectivity index (χ2v) is 5.46. The lowest BCUT2D eigenvalue weighted by Gasteiger charge is -2.27. The van der Waals surface area contributed by atoms with E-state index in [0.29, 0.717) is 23.3 Å². The van der Waals surface area contributed by atoms with Crippen molar-refractivity contribution < 1.29 is 9.53 Å². The number of fused-ring (bicyclic) bond motifs is 1. The second kappa shape index (κ2) is 5.20. The minimum Gasteiger partial charge on any atom is -0.465 e. The zero-order valence-electron chi connectivity index (χ0n) is 12.1. The van der Waals surface area contributed by atoms with Gasteiger partial charge in [-0.3, -0.25) is 0 Å². The summed E-state index contributed by atoms with van der Waals surface area (Å²) in [6.07, 6.45) is 0.996. The summed E-state index contributed by atoms with van der Waals surface area (Å²) in [6, 6.07) is 7.57. The van der Waals surface area contributed by atoms with Crippen LogP contribution in [-0.4, -0.2) is 27.8 Å². The average molecular weight is 286 g/mol. The Hall–Kier alpha value is -2.37. The number of nitrogens with two attached hydrogens (primary N) is 1. The van der Waals surface area contributed by atoms with Crippen molar-refractivity contribution in [3.8, 4) is 0 Å². The monoisotopic (exact) mass is 286 g/mol. The summed E-state index contributed by atoms with van der Waals surface area (Å²) < 4.78 is 6.60. The summed E-state index contributed by atoms with van der Waals surface area (Å²) in [5.74, 6) is 1.63. The first kappa shape index (κ1) is 13.6. The van der Waals surface area contributed by atoms with Gasteiger partial charge in [0.2, 0.25) is 5.95 Å². The Balaban J connectivity index is 1.84. The molecule has 0 bridgehead atoms. The Morgan fingerprint density at radius 3 is 2.76 bits per heavy atom. The number of rotatable bonds is 2. The Labute approximate surface area is 122 Å². The Kier molecular flexibility index (Phi) is 3.37. The van der Waals surface area contributed by atoms with E-state index in [9.17, 15) is 4.79 Å². The highest BCUT2D eigenvalue weighted by Gasteiger charge is 2.28. The molecule has 2 heterocycles. The van der Waals surface area contributed by atoms with Crippen LogP contribution in [0.2, 0.25) is 0 Å². The van der Waals surface area contributed by atoms with Gasteiger partial charge >= 0.3 is 5.97 Å². The normalized spacial score (nSPS) is 20.9. The van der Waals surface area contributed by atoms with Crippen molar-refractivity contribution in [3.63, 3.8) is 0 Å². The molecule has 1 aliphatic rings. The number of esters is 1. The molecule has 2 aromatic rings. The van der Waals surface area contributed by atoms with Gasteiger partial charge in [-0.2, -0.15) is 4.98 Å². The van der Waals surface area contributed by atoms with Gasteiger partial charge in [0.05, 0.1) is 12.7 Å². The molecule has 3 rings (SSSR count). The van der Waals surface area contributed by atoms with Crippen LogP contribution in [0.4, 0.5) is 5.95 Å². The quantitative estimate of drug-likeness (QED) is 0.853. The standard InChI is InChI=1S/C15H18N4O2/c1-9-7-12(8-19-13(9)17-15(16)18-19)10-3-5-11(6-4-10)14(20)21-2/h3-6,9,12H,7-8H2,1-2H3,(H2,16,18). The molecule has 1 aromatic heterocycles. The van der Waals surface area contributed by atoms with Crippen LogP contribution in [0.3, 0.4) is 0 Å². The molecule has 0 spiro atoms. The highest BCUT2D eigenvalue weighted by Crippen LogP contribution is 2.35. The molecule has 0 aliphatic carbocycles. The Morgan fingerprint density at radius 2 is 2.10 bits per heavy atom. The summed E-state index contributed by atoms with van der Waals surface area (Å²) in [7, 11) is 1.38. The third-order valence-corrected chi connectivity index (χ3v) is 3.99. The predicted octanol–water partition coefficient (Wildman–Crippen LogP) is 1.94. The van der Waals surface area contributed by atoms with E-state index in [4.69, 9.17) is 10.5 Å². The molecule has 1 aliphatic heterocycles. The zero-order chi connectivity index (χ0) is 15.0. The van der Waals surface area contributed by atoms with E-state index in [2.05, 4.69) is 17.0 Å². The van der Waals surface area contributed by atoms with Crippen LogP contribution >= 0.6 is 0 Å².